The van der Waals surface area contributed by atoms with Gasteiger partial charge in [-0.1, -0.05) is 50.4 Å². The molecule has 0 aliphatic carbocycles. The number of halogens is 1. The molecule has 1 atom stereocenters. The molecule has 1 amide bonds. The Bertz CT molecular complexity index is 417. The Morgan fingerprint density at radius 2 is 1.76 bits per heavy atom. The summed E-state index contributed by atoms with van der Waals surface area (Å²) in [5, 5.41) is 3.85. The van der Waals surface area contributed by atoms with Crippen molar-refractivity contribution in [1.82, 2.24) is 5.32 Å². The molecule has 0 saturated carbocycles. The molecule has 0 radical (unpaired) electrons. The van der Waals surface area contributed by atoms with E-state index in [1.54, 1.807) is 0 Å². The number of carbonyl (C=O) groups is 1. The van der Waals surface area contributed by atoms with E-state index in [4.69, 9.17) is 17.3 Å². The van der Waals surface area contributed by atoms with E-state index in [0.717, 1.165) is 37.8 Å². The van der Waals surface area contributed by atoms with Crippen molar-refractivity contribution in [2.75, 3.05) is 6.54 Å². The summed E-state index contributed by atoms with van der Waals surface area (Å²) < 4.78 is 0. The summed E-state index contributed by atoms with van der Waals surface area (Å²) in [6.45, 7) is 4.96. The molecule has 1 rings (SSSR count). The molecule has 0 spiro atoms. The number of unbranched alkanes of at least 4 members (excludes halogenated alkanes) is 3. The van der Waals surface area contributed by atoms with E-state index in [2.05, 4.69) is 19.2 Å². The number of hydrogen-bond acceptors (Lipinski definition) is 2. The standard InChI is InChI=1S/C17H27ClN2O/c1-13(2)17(14-8-10-15(18)11-9-14)20-16(21)7-5-3-4-6-12-19/h8-11,13,17H,3-7,12,19H2,1-2H3,(H,20,21). The fourth-order valence-electron chi connectivity index (χ4n) is 2.33. The van der Waals surface area contributed by atoms with E-state index >= 15 is 0 Å². The molecule has 0 aromatic heterocycles. The van der Waals surface area contributed by atoms with Gasteiger partial charge in [-0.3, -0.25) is 4.79 Å². The molecule has 1 aromatic carbocycles. The summed E-state index contributed by atoms with van der Waals surface area (Å²) in [6.07, 6.45) is 4.73. The maximum absolute atomic E-state index is 12.1. The number of hydrogen-bond donors (Lipinski definition) is 2. The highest BCUT2D eigenvalue weighted by molar-refractivity contribution is 6.30. The predicted molar refractivity (Wildman–Crippen MR) is 89.3 cm³/mol. The zero-order valence-corrected chi connectivity index (χ0v) is 13.8. The Labute approximate surface area is 133 Å². The predicted octanol–water partition coefficient (Wildman–Crippen LogP) is 4.06. The SMILES string of the molecule is CC(C)C(NC(=O)CCCCCCN)c1ccc(Cl)cc1. The van der Waals surface area contributed by atoms with Gasteiger partial charge in [0.25, 0.3) is 0 Å². The van der Waals surface area contributed by atoms with Gasteiger partial charge in [0, 0.05) is 11.4 Å². The van der Waals surface area contributed by atoms with Crippen LogP contribution >= 0.6 is 11.6 Å². The van der Waals surface area contributed by atoms with Crippen LogP contribution in [0.4, 0.5) is 0 Å². The molecule has 0 heterocycles. The summed E-state index contributed by atoms with van der Waals surface area (Å²) in [6, 6.07) is 7.73. The molecule has 3 nitrogen and oxygen atoms in total. The second-order valence-electron chi connectivity index (χ2n) is 5.79. The third-order valence-corrected chi connectivity index (χ3v) is 3.82. The molecule has 0 bridgehead atoms. The maximum atomic E-state index is 12.1. The minimum Gasteiger partial charge on any atom is -0.349 e. The second-order valence-corrected chi connectivity index (χ2v) is 6.23. The average Bonchev–Trinajstić information content (AvgIpc) is 2.45. The van der Waals surface area contributed by atoms with Crippen LogP contribution in [0, 0.1) is 5.92 Å². The molecule has 0 fully saturated rings. The van der Waals surface area contributed by atoms with Crippen LogP contribution < -0.4 is 11.1 Å². The highest BCUT2D eigenvalue weighted by Gasteiger charge is 2.17. The van der Waals surface area contributed by atoms with Crippen molar-refractivity contribution >= 4 is 17.5 Å². The number of carbonyl (C=O) groups excluding carboxylic acids is 1. The van der Waals surface area contributed by atoms with Crippen LogP contribution in [0.2, 0.25) is 5.02 Å². The van der Waals surface area contributed by atoms with Crippen LogP contribution in [0.25, 0.3) is 0 Å². The van der Waals surface area contributed by atoms with Gasteiger partial charge in [0.1, 0.15) is 0 Å². The number of benzene rings is 1. The number of nitrogens with one attached hydrogen (secondary N) is 1. The van der Waals surface area contributed by atoms with Crippen molar-refractivity contribution in [3.05, 3.63) is 34.9 Å². The molecule has 3 N–H and O–H groups in total. The van der Waals surface area contributed by atoms with Gasteiger partial charge < -0.3 is 11.1 Å². The first-order valence-electron chi connectivity index (χ1n) is 7.79. The third-order valence-electron chi connectivity index (χ3n) is 3.57. The van der Waals surface area contributed by atoms with Crippen molar-refractivity contribution in [2.24, 2.45) is 11.7 Å². The van der Waals surface area contributed by atoms with Crippen LogP contribution in [0.5, 0.6) is 0 Å². The molecular formula is C17H27ClN2O. The highest BCUT2D eigenvalue weighted by atomic mass is 35.5. The van der Waals surface area contributed by atoms with Gasteiger partial charge in [-0.05, 0) is 43.0 Å². The van der Waals surface area contributed by atoms with Gasteiger partial charge in [-0.15, -0.1) is 0 Å². The minimum atomic E-state index is 0.0406. The van der Waals surface area contributed by atoms with Crippen molar-refractivity contribution in [3.8, 4) is 0 Å². The highest BCUT2D eigenvalue weighted by Crippen LogP contribution is 2.23. The quantitative estimate of drug-likeness (QED) is 0.676. The largest absolute Gasteiger partial charge is 0.349 e. The number of amides is 1. The van der Waals surface area contributed by atoms with E-state index in [1.165, 1.54) is 0 Å². The Hall–Kier alpha value is -1.06. The number of rotatable bonds is 9. The Morgan fingerprint density at radius 3 is 2.33 bits per heavy atom. The summed E-state index contributed by atoms with van der Waals surface area (Å²) >= 11 is 5.92. The maximum Gasteiger partial charge on any atom is 0.220 e. The Balaban J connectivity index is 2.47. The minimum absolute atomic E-state index is 0.0406. The zero-order valence-electron chi connectivity index (χ0n) is 13.1. The molecule has 0 aliphatic rings. The van der Waals surface area contributed by atoms with Gasteiger partial charge in [-0.25, -0.2) is 0 Å². The fourth-order valence-corrected chi connectivity index (χ4v) is 2.46. The molecule has 118 valence electrons. The van der Waals surface area contributed by atoms with E-state index in [-0.39, 0.29) is 11.9 Å². The number of nitrogens with two attached hydrogens (primary N) is 1. The molecule has 4 heteroatoms. The molecule has 21 heavy (non-hydrogen) atoms. The molecule has 0 aliphatic heterocycles. The van der Waals surface area contributed by atoms with E-state index in [9.17, 15) is 4.79 Å². The summed E-state index contributed by atoms with van der Waals surface area (Å²) in [4.78, 5) is 12.1. The van der Waals surface area contributed by atoms with Crippen molar-refractivity contribution in [2.45, 2.75) is 52.0 Å². The van der Waals surface area contributed by atoms with Gasteiger partial charge in [0.15, 0.2) is 0 Å². The summed E-state index contributed by atoms with van der Waals surface area (Å²) in [5.41, 5.74) is 6.56. The zero-order chi connectivity index (χ0) is 15.7. The van der Waals surface area contributed by atoms with E-state index in [0.29, 0.717) is 17.4 Å². The van der Waals surface area contributed by atoms with Gasteiger partial charge in [-0.2, -0.15) is 0 Å². The molecule has 0 saturated heterocycles. The Morgan fingerprint density at radius 1 is 1.14 bits per heavy atom. The van der Waals surface area contributed by atoms with Crippen LogP contribution in [0.15, 0.2) is 24.3 Å². The van der Waals surface area contributed by atoms with Crippen molar-refractivity contribution < 1.29 is 4.79 Å². The topological polar surface area (TPSA) is 55.1 Å². The lowest BCUT2D eigenvalue weighted by atomic mass is 9.96. The molecular weight excluding hydrogens is 284 g/mol. The summed E-state index contributed by atoms with van der Waals surface area (Å²) in [5.74, 6) is 0.462. The normalized spacial score (nSPS) is 12.4. The molecule has 1 aromatic rings. The van der Waals surface area contributed by atoms with Crippen molar-refractivity contribution in [3.63, 3.8) is 0 Å². The lowest BCUT2D eigenvalue weighted by Crippen LogP contribution is -2.31. The van der Waals surface area contributed by atoms with Crippen LogP contribution in [0.3, 0.4) is 0 Å². The first-order valence-corrected chi connectivity index (χ1v) is 8.17. The first kappa shape index (κ1) is 18.0. The second kappa shape index (κ2) is 9.80. The lowest BCUT2D eigenvalue weighted by molar-refractivity contribution is -0.122. The fraction of sp³-hybridized carbons (Fsp3) is 0.588. The summed E-state index contributed by atoms with van der Waals surface area (Å²) in [7, 11) is 0. The smallest absolute Gasteiger partial charge is 0.220 e. The van der Waals surface area contributed by atoms with Crippen LogP contribution in [-0.4, -0.2) is 12.5 Å². The first-order chi connectivity index (χ1) is 10.0. The monoisotopic (exact) mass is 310 g/mol. The van der Waals surface area contributed by atoms with Crippen molar-refractivity contribution in [1.29, 1.82) is 0 Å². The lowest BCUT2D eigenvalue weighted by Gasteiger charge is -2.23. The third kappa shape index (κ3) is 6.96. The van der Waals surface area contributed by atoms with Gasteiger partial charge >= 0.3 is 0 Å². The van der Waals surface area contributed by atoms with E-state index in [1.807, 2.05) is 24.3 Å². The average molecular weight is 311 g/mol. The van der Waals surface area contributed by atoms with E-state index < -0.39 is 0 Å². The van der Waals surface area contributed by atoms with Crippen LogP contribution in [-0.2, 0) is 4.79 Å². The Kier molecular flexibility index (Phi) is 8.40. The van der Waals surface area contributed by atoms with Gasteiger partial charge in [0.05, 0.1) is 6.04 Å². The molecule has 1 unspecified atom stereocenters. The van der Waals surface area contributed by atoms with Gasteiger partial charge in [0.2, 0.25) is 5.91 Å². The van der Waals surface area contributed by atoms with Crippen LogP contribution in [0.1, 0.15) is 57.6 Å².